The third-order valence-corrected chi connectivity index (χ3v) is 5.17. The van der Waals surface area contributed by atoms with Crippen LogP contribution in [0.5, 0.6) is 0 Å². The smallest absolute Gasteiger partial charge is 0.235 e. The summed E-state index contributed by atoms with van der Waals surface area (Å²) in [4.78, 5) is 16.9. The largest absolute Gasteiger partial charge is 0.385 e. The van der Waals surface area contributed by atoms with E-state index in [9.17, 15) is 4.79 Å². The van der Waals surface area contributed by atoms with Gasteiger partial charge in [-0.2, -0.15) is 0 Å². The minimum absolute atomic E-state index is 0.145. The summed E-state index contributed by atoms with van der Waals surface area (Å²) in [6.45, 7) is 10.2. The van der Waals surface area contributed by atoms with Gasteiger partial charge in [-0.25, -0.2) is 0 Å². The Kier molecular flexibility index (Phi) is 7.32. The van der Waals surface area contributed by atoms with Gasteiger partial charge in [-0.3, -0.25) is 4.79 Å². The molecule has 1 atom stereocenters. The summed E-state index contributed by atoms with van der Waals surface area (Å²) in [5, 5.41) is 8.77. The van der Waals surface area contributed by atoms with E-state index in [1.165, 1.54) is 11.8 Å². The van der Waals surface area contributed by atoms with E-state index in [-0.39, 0.29) is 11.2 Å². The first kappa shape index (κ1) is 18.2. The van der Waals surface area contributed by atoms with Gasteiger partial charge in [0.15, 0.2) is 5.16 Å². The van der Waals surface area contributed by atoms with E-state index in [2.05, 4.69) is 22.0 Å². The third kappa shape index (κ3) is 5.19. The van der Waals surface area contributed by atoms with Gasteiger partial charge in [0.2, 0.25) is 5.91 Å². The minimum Gasteiger partial charge on any atom is -0.385 e. The Hall–Kier alpha value is -1.12. The highest BCUT2D eigenvalue weighted by molar-refractivity contribution is 8.00. The number of methoxy groups -OCH3 is 1. The molecule has 0 saturated carbocycles. The predicted octanol–water partition coefficient (Wildman–Crippen LogP) is 0.959. The highest BCUT2D eigenvalue weighted by atomic mass is 32.2. The molecular weight excluding hydrogens is 314 g/mol. The molecule has 0 radical (unpaired) electrons. The van der Waals surface area contributed by atoms with Gasteiger partial charge in [-0.1, -0.05) is 18.7 Å². The van der Waals surface area contributed by atoms with Crippen LogP contribution in [0.2, 0.25) is 0 Å². The molecule has 1 aliphatic heterocycles. The fourth-order valence-electron chi connectivity index (χ4n) is 2.62. The van der Waals surface area contributed by atoms with Crippen molar-refractivity contribution in [2.75, 3.05) is 46.4 Å². The molecule has 1 aromatic heterocycles. The molecule has 0 aromatic carbocycles. The second-order valence-corrected chi connectivity index (χ2v) is 6.98. The summed E-state index contributed by atoms with van der Waals surface area (Å²) in [5.74, 6) is 0.192. The summed E-state index contributed by atoms with van der Waals surface area (Å²) < 4.78 is 7.06. The second kappa shape index (κ2) is 9.24. The van der Waals surface area contributed by atoms with Gasteiger partial charge in [-0.15, -0.1) is 10.2 Å². The van der Waals surface area contributed by atoms with Crippen LogP contribution in [-0.4, -0.2) is 82.2 Å². The van der Waals surface area contributed by atoms with E-state index in [0.29, 0.717) is 6.61 Å². The van der Waals surface area contributed by atoms with E-state index in [1.54, 1.807) is 13.4 Å². The van der Waals surface area contributed by atoms with Gasteiger partial charge < -0.3 is 19.1 Å². The van der Waals surface area contributed by atoms with E-state index in [4.69, 9.17) is 4.74 Å². The van der Waals surface area contributed by atoms with Gasteiger partial charge in [0.1, 0.15) is 6.33 Å². The molecule has 0 N–H and O–H groups in total. The molecule has 0 aliphatic carbocycles. The number of aryl methyl sites for hydroxylation is 1. The lowest BCUT2D eigenvalue weighted by Crippen LogP contribution is -2.50. The third-order valence-electron chi connectivity index (χ3n) is 4.09. The maximum atomic E-state index is 12.6. The van der Waals surface area contributed by atoms with Crippen molar-refractivity contribution in [3.8, 4) is 0 Å². The topological polar surface area (TPSA) is 63.5 Å². The number of hydrogen-bond donors (Lipinski definition) is 0. The highest BCUT2D eigenvalue weighted by Crippen LogP contribution is 2.23. The maximum Gasteiger partial charge on any atom is 0.235 e. The Labute approximate surface area is 142 Å². The number of hydrogen-bond acceptors (Lipinski definition) is 6. The first-order valence-electron chi connectivity index (χ1n) is 8.20. The molecule has 1 aliphatic rings. The van der Waals surface area contributed by atoms with Crippen LogP contribution in [0, 0.1) is 0 Å². The number of carbonyl (C=O) groups excluding carboxylic acids is 1. The molecule has 130 valence electrons. The number of amides is 1. The molecule has 2 heterocycles. The molecule has 1 fully saturated rings. The second-order valence-electron chi connectivity index (χ2n) is 5.67. The molecule has 1 aromatic rings. The molecular formula is C15H27N5O2S. The van der Waals surface area contributed by atoms with E-state index < -0.39 is 0 Å². The maximum absolute atomic E-state index is 12.6. The number of carbonyl (C=O) groups is 1. The van der Waals surface area contributed by atoms with E-state index >= 15 is 0 Å². The van der Waals surface area contributed by atoms with Gasteiger partial charge >= 0.3 is 0 Å². The predicted molar refractivity (Wildman–Crippen MR) is 90.5 cm³/mol. The van der Waals surface area contributed by atoms with Crippen molar-refractivity contribution in [3.63, 3.8) is 0 Å². The summed E-state index contributed by atoms with van der Waals surface area (Å²) in [6.07, 6.45) is 2.62. The van der Waals surface area contributed by atoms with E-state index in [1.807, 2.05) is 16.4 Å². The fraction of sp³-hybridized carbons (Fsp3) is 0.800. The number of thioether (sulfide) groups is 1. The van der Waals surface area contributed by atoms with E-state index in [0.717, 1.165) is 50.8 Å². The SMILES string of the molecule is CCN1CCN(C(=O)C(C)Sc2nncn2CCCOC)CC1. The van der Waals surface area contributed by atoms with Crippen LogP contribution in [0.4, 0.5) is 0 Å². The number of likely N-dealkylation sites (N-methyl/N-ethyl adjacent to an activating group) is 1. The van der Waals surface area contributed by atoms with Gasteiger partial charge in [-0.05, 0) is 19.9 Å². The Morgan fingerprint density at radius 2 is 2.13 bits per heavy atom. The lowest BCUT2D eigenvalue weighted by atomic mass is 10.3. The van der Waals surface area contributed by atoms with Crippen molar-refractivity contribution in [2.24, 2.45) is 0 Å². The van der Waals surface area contributed by atoms with Crippen LogP contribution < -0.4 is 0 Å². The number of ether oxygens (including phenoxy) is 1. The van der Waals surface area contributed by atoms with Crippen LogP contribution in [-0.2, 0) is 16.1 Å². The molecule has 23 heavy (non-hydrogen) atoms. The molecule has 1 unspecified atom stereocenters. The first-order valence-corrected chi connectivity index (χ1v) is 9.08. The Balaban J connectivity index is 1.85. The lowest BCUT2D eigenvalue weighted by molar-refractivity contribution is -0.132. The van der Waals surface area contributed by atoms with Crippen molar-refractivity contribution in [3.05, 3.63) is 6.33 Å². The number of rotatable bonds is 8. The molecule has 1 amide bonds. The number of piperazine rings is 1. The number of nitrogens with zero attached hydrogens (tertiary/aromatic N) is 5. The first-order chi connectivity index (χ1) is 11.2. The van der Waals surface area contributed by atoms with Crippen LogP contribution >= 0.6 is 11.8 Å². The normalized spacial score (nSPS) is 17.4. The zero-order chi connectivity index (χ0) is 16.7. The van der Waals surface area contributed by atoms with Crippen molar-refractivity contribution < 1.29 is 9.53 Å². The molecule has 1 saturated heterocycles. The average Bonchev–Trinajstić information content (AvgIpc) is 3.01. The standard InChI is InChI=1S/C15H27N5O2S/c1-4-18-7-9-19(10-8-18)14(21)13(2)23-15-17-16-12-20(15)6-5-11-22-3/h12-13H,4-11H2,1-3H3. The lowest BCUT2D eigenvalue weighted by Gasteiger charge is -2.35. The molecule has 0 bridgehead atoms. The van der Waals surface area contributed by atoms with Crippen LogP contribution in [0.15, 0.2) is 11.5 Å². The fourth-order valence-corrected chi connectivity index (χ4v) is 3.55. The zero-order valence-electron chi connectivity index (χ0n) is 14.3. The average molecular weight is 341 g/mol. The zero-order valence-corrected chi connectivity index (χ0v) is 15.1. The molecule has 2 rings (SSSR count). The van der Waals surface area contributed by atoms with Crippen LogP contribution in [0.1, 0.15) is 20.3 Å². The van der Waals surface area contributed by atoms with Gasteiger partial charge in [0.05, 0.1) is 5.25 Å². The van der Waals surface area contributed by atoms with Crippen LogP contribution in [0.3, 0.4) is 0 Å². The monoisotopic (exact) mass is 341 g/mol. The minimum atomic E-state index is -0.145. The molecule has 0 spiro atoms. The highest BCUT2D eigenvalue weighted by Gasteiger charge is 2.26. The molecule has 7 nitrogen and oxygen atoms in total. The summed E-state index contributed by atoms with van der Waals surface area (Å²) >= 11 is 1.49. The molecule has 8 heteroatoms. The van der Waals surface area contributed by atoms with Gasteiger partial charge in [0.25, 0.3) is 0 Å². The van der Waals surface area contributed by atoms with Crippen molar-refractivity contribution in [1.82, 2.24) is 24.6 Å². The Morgan fingerprint density at radius 3 is 2.78 bits per heavy atom. The summed E-state index contributed by atoms with van der Waals surface area (Å²) in [5.41, 5.74) is 0. The van der Waals surface area contributed by atoms with Crippen molar-refractivity contribution >= 4 is 17.7 Å². The van der Waals surface area contributed by atoms with Crippen molar-refractivity contribution in [2.45, 2.75) is 37.2 Å². The van der Waals surface area contributed by atoms with Crippen molar-refractivity contribution in [1.29, 1.82) is 0 Å². The summed E-state index contributed by atoms with van der Waals surface area (Å²) in [7, 11) is 1.70. The summed E-state index contributed by atoms with van der Waals surface area (Å²) in [6, 6.07) is 0. The quantitative estimate of drug-likeness (QED) is 0.518. The Morgan fingerprint density at radius 1 is 1.39 bits per heavy atom. The van der Waals surface area contributed by atoms with Gasteiger partial charge in [0, 0.05) is 46.4 Å². The number of aromatic nitrogens is 3. The van der Waals surface area contributed by atoms with Crippen LogP contribution in [0.25, 0.3) is 0 Å². The Bertz CT molecular complexity index is 488.